The minimum atomic E-state index is 0.707. The van der Waals surface area contributed by atoms with Gasteiger partial charge in [0.2, 0.25) is 0 Å². The van der Waals surface area contributed by atoms with Crippen LogP contribution in [-0.4, -0.2) is 23.4 Å². The van der Waals surface area contributed by atoms with Crippen LogP contribution >= 0.6 is 0 Å². The Balaban J connectivity index is 2.32. The van der Waals surface area contributed by atoms with Gasteiger partial charge in [0, 0.05) is 13.1 Å². The predicted molar refractivity (Wildman–Crippen MR) is 40.9 cm³/mol. The van der Waals surface area contributed by atoms with Gasteiger partial charge in [0.25, 0.3) is 0 Å². The normalized spacial score (nSPS) is 29.4. The third kappa shape index (κ3) is 1.96. The molecule has 1 unspecified atom stereocenters. The molecule has 1 saturated heterocycles. The molecule has 1 aliphatic heterocycles. The van der Waals surface area contributed by atoms with Crippen molar-refractivity contribution in [3.05, 3.63) is 0 Å². The summed E-state index contributed by atoms with van der Waals surface area (Å²) in [6, 6.07) is 0. The van der Waals surface area contributed by atoms with Crippen LogP contribution in [0.5, 0.6) is 0 Å². The zero-order valence-corrected chi connectivity index (χ0v) is 6.88. The molecule has 60 valence electrons. The van der Waals surface area contributed by atoms with Gasteiger partial charge in [-0.3, -0.25) is 0 Å². The molecular formula is C8H17NO. The Morgan fingerprint density at radius 2 is 2.20 bits per heavy atom. The minimum Gasteiger partial charge on any atom is -0.314 e. The maximum absolute atomic E-state index is 9.16. The summed E-state index contributed by atoms with van der Waals surface area (Å²) < 4.78 is 0. The fraction of sp³-hybridized carbons (Fsp3) is 1.00. The van der Waals surface area contributed by atoms with Crippen LogP contribution in [0.4, 0.5) is 0 Å². The van der Waals surface area contributed by atoms with Crippen molar-refractivity contribution in [2.45, 2.75) is 26.7 Å². The summed E-state index contributed by atoms with van der Waals surface area (Å²) in [6.45, 7) is 6.19. The highest BCUT2D eigenvalue weighted by atomic mass is 16.5. The summed E-state index contributed by atoms with van der Waals surface area (Å²) in [5.74, 6) is 1.42. The Morgan fingerprint density at radius 1 is 1.50 bits per heavy atom. The van der Waals surface area contributed by atoms with E-state index >= 15 is 0 Å². The second kappa shape index (κ2) is 3.35. The van der Waals surface area contributed by atoms with Gasteiger partial charge >= 0.3 is 0 Å². The summed E-state index contributed by atoms with van der Waals surface area (Å²) in [5, 5.41) is 10.6. The Hall–Kier alpha value is -0.0800. The molecule has 2 heteroatoms. The first-order valence-electron chi connectivity index (χ1n) is 4.14. The summed E-state index contributed by atoms with van der Waals surface area (Å²) in [6.07, 6.45) is 2.44. The standard InChI is InChI=1S/C8H17NO/c1-7(2)8-4-3-5-9(10)6-8/h7-8,10H,3-6H2,1-2H3. The van der Waals surface area contributed by atoms with Crippen molar-refractivity contribution in [3.8, 4) is 0 Å². The van der Waals surface area contributed by atoms with Gasteiger partial charge in [-0.15, -0.1) is 0 Å². The van der Waals surface area contributed by atoms with Gasteiger partial charge in [-0.05, 0) is 24.7 Å². The summed E-state index contributed by atoms with van der Waals surface area (Å²) in [4.78, 5) is 0. The van der Waals surface area contributed by atoms with Gasteiger partial charge in [0.05, 0.1) is 0 Å². The van der Waals surface area contributed by atoms with Crippen molar-refractivity contribution in [2.75, 3.05) is 13.1 Å². The van der Waals surface area contributed by atoms with Gasteiger partial charge < -0.3 is 5.21 Å². The summed E-state index contributed by atoms with van der Waals surface area (Å²) >= 11 is 0. The smallest absolute Gasteiger partial charge is 0.0268 e. The van der Waals surface area contributed by atoms with Crippen molar-refractivity contribution >= 4 is 0 Å². The van der Waals surface area contributed by atoms with E-state index in [0.29, 0.717) is 5.92 Å². The average molecular weight is 143 g/mol. The van der Waals surface area contributed by atoms with Crippen LogP contribution in [0.15, 0.2) is 0 Å². The molecule has 0 amide bonds. The largest absolute Gasteiger partial charge is 0.314 e. The first kappa shape index (κ1) is 8.02. The lowest BCUT2D eigenvalue weighted by atomic mass is 9.89. The fourth-order valence-electron chi connectivity index (χ4n) is 1.53. The third-order valence-electron chi connectivity index (χ3n) is 2.38. The summed E-state index contributed by atoms with van der Waals surface area (Å²) in [5.41, 5.74) is 0. The van der Waals surface area contributed by atoms with Gasteiger partial charge in [-0.2, -0.15) is 5.06 Å². The molecule has 0 radical (unpaired) electrons. The van der Waals surface area contributed by atoms with Crippen LogP contribution in [-0.2, 0) is 0 Å². The molecule has 0 spiro atoms. The zero-order chi connectivity index (χ0) is 7.56. The molecule has 1 rings (SSSR count). The fourth-order valence-corrected chi connectivity index (χ4v) is 1.53. The maximum atomic E-state index is 9.16. The monoisotopic (exact) mass is 143 g/mol. The maximum Gasteiger partial charge on any atom is 0.0268 e. The number of hydrogen-bond acceptors (Lipinski definition) is 2. The van der Waals surface area contributed by atoms with E-state index in [1.807, 2.05) is 0 Å². The van der Waals surface area contributed by atoms with Crippen molar-refractivity contribution in [1.82, 2.24) is 5.06 Å². The third-order valence-corrected chi connectivity index (χ3v) is 2.38. The van der Waals surface area contributed by atoms with Crippen LogP contribution in [0.1, 0.15) is 26.7 Å². The second-order valence-corrected chi connectivity index (χ2v) is 3.56. The molecule has 0 aromatic carbocycles. The van der Waals surface area contributed by atoms with Crippen LogP contribution in [0.2, 0.25) is 0 Å². The lowest BCUT2D eigenvalue weighted by Crippen LogP contribution is -2.34. The lowest BCUT2D eigenvalue weighted by molar-refractivity contribution is -0.122. The molecule has 10 heavy (non-hydrogen) atoms. The van der Waals surface area contributed by atoms with Crippen molar-refractivity contribution in [2.24, 2.45) is 11.8 Å². The van der Waals surface area contributed by atoms with E-state index in [1.165, 1.54) is 11.5 Å². The Kier molecular flexibility index (Phi) is 2.69. The van der Waals surface area contributed by atoms with E-state index in [2.05, 4.69) is 13.8 Å². The molecule has 1 atom stereocenters. The molecule has 1 N–H and O–H groups in total. The van der Waals surface area contributed by atoms with E-state index < -0.39 is 0 Å². The number of nitrogens with zero attached hydrogens (tertiary/aromatic N) is 1. The molecule has 0 aromatic rings. The van der Waals surface area contributed by atoms with E-state index in [4.69, 9.17) is 5.21 Å². The van der Waals surface area contributed by atoms with Gasteiger partial charge in [-0.25, -0.2) is 0 Å². The number of hydroxylamine groups is 2. The Labute approximate surface area is 62.8 Å². The predicted octanol–water partition coefficient (Wildman–Crippen LogP) is 1.74. The van der Waals surface area contributed by atoms with Crippen LogP contribution in [0.3, 0.4) is 0 Å². The van der Waals surface area contributed by atoms with Gasteiger partial charge in [0.1, 0.15) is 0 Å². The van der Waals surface area contributed by atoms with E-state index in [1.54, 1.807) is 0 Å². The Morgan fingerprint density at radius 3 is 2.60 bits per heavy atom. The van der Waals surface area contributed by atoms with Crippen LogP contribution in [0.25, 0.3) is 0 Å². The van der Waals surface area contributed by atoms with Gasteiger partial charge in [-0.1, -0.05) is 13.8 Å². The highest BCUT2D eigenvalue weighted by molar-refractivity contribution is 4.70. The Bertz CT molecular complexity index is 103. The van der Waals surface area contributed by atoms with Crippen molar-refractivity contribution in [1.29, 1.82) is 0 Å². The number of piperidine rings is 1. The SMILES string of the molecule is CC(C)C1CCCN(O)C1. The molecule has 1 aliphatic rings. The zero-order valence-electron chi connectivity index (χ0n) is 6.88. The molecular weight excluding hydrogens is 126 g/mol. The highest BCUT2D eigenvalue weighted by Gasteiger charge is 2.20. The van der Waals surface area contributed by atoms with Gasteiger partial charge in [0.15, 0.2) is 0 Å². The van der Waals surface area contributed by atoms with E-state index in [9.17, 15) is 0 Å². The number of rotatable bonds is 1. The molecule has 0 saturated carbocycles. The second-order valence-electron chi connectivity index (χ2n) is 3.56. The van der Waals surface area contributed by atoms with Crippen LogP contribution in [0, 0.1) is 11.8 Å². The van der Waals surface area contributed by atoms with E-state index in [0.717, 1.165) is 25.4 Å². The first-order chi connectivity index (χ1) is 4.70. The quantitative estimate of drug-likeness (QED) is 0.604. The molecule has 0 aliphatic carbocycles. The number of hydrogen-bond donors (Lipinski definition) is 1. The first-order valence-corrected chi connectivity index (χ1v) is 4.14. The van der Waals surface area contributed by atoms with Crippen LogP contribution < -0.4 is 0 Å². The topological polar surface area (TPSA) is 23.5 Å². The lowest BCUT2D eigenvalue weighted by Gasteiger charge is -2.30. The van der Waals surface area contributed by atoms with E-state index in [-0.39, 0.29) is 0 Å². The molecule has 0 aromatic heterocycles. The highest BCUT2D eigenvalue weighted by Crippen LogP contribution is 2.21. The average Bonchev–Trinajstić information content (AvgIpc) is 1.88. The van der Waals surface area contributed by atoms with Crippen molar-refractivity contribution in [3.63, 3.8) is 0 Å². The molecule has 1 heterocycles. The molecule has 1 fully saturated rings. The molecule has 2 nitrogen and oxygen atoms in total. The van der Waals surface area contributed by atoms with Crippen molar-refractivity contribution < 1.29 is 5.21 Å². The minimum absolute atomic E-state index is 0.707. The summed E-state index contributed by atoms with van der Waals surface area (Å²) in [7, 11) is 0. The molecule has 0 bridgehead atoms.